The molecule has 0 N–H and O–H groups in total. The minimum Gasteiger partial charge on any atom is -0.377 e. The predicted molar refractivity (Wildman–Crippen MR) is 64.4 cm³/mol. The second kappa shape index (κ2) is 6.23. The number of unbranched alkanes of at least 4 members (excludes halogenated alkanes) is 2. The smallest absolute Gasteiger partial charge is 0.119 e. The van der Waals surface area contributed by atoms with Gasteiger partial charge in [-0.05, 0) is 30.9 Å². The molecule has 0 spiro atoms. The van der Waals surface area contributed by atoms with Crippen molar-refractivity contribution in [3.63, 3.8) is 0 Å². The first kappa shape index (κ1) is 11.8. The zero-order valence-electron chi connectivity index (χ0n) is 9.57. The second-order valence-electron chi connectivity index (χ2n) is 3.94. The summed E-state index contributed by atoms with van der Waals surface area (Å²) in [4.78, 5) is 12.3. The first-order valence-electron chi connectivity index (χ1n) is 5.44. The van der Waals surface area contributed by atoms with E-state index in [1.54, 1.807) is 0 Å². The van der Waals surface area contributed by atoms with Crippen LogP contribution in [0.4, 0.5) is 5.69 Å². The molecule has 1 aromatic carbocycles. The summed E-state index contributed by atoms with van der Waals surface area (Å²) in [5, 5.41) is 0. The molecule has 0 bridgehead atoms. The van der Waals surface area contributed by atoms with E-state index in [1.807, 2.05) is 0 Å². The average Bonchev–Trinajstić information content (AvgIpc) is 2.25. The molecule has 0 aliphatic carbocycles. The maximum atomic E-state index is 10.2. The molecule has 0 aliphatic heterocycles. The van der Waals surface area contributed by atoms with E-state index in [4.69, 9.17) is 0 Å². The Bertz CT molecular complexity index is 307. The highest BCUT2D eigenvalue weighted by molar-refractivity contribution is 5.52. The summed E-state index contributed by atoms with van der Waals surface area (Å²) in [6.45, 7) is 0. The number of hydrogen-bond acceptors (Lipinski definition) is 2. The Balaban J connectivity index is 2.55. The zero-order valence-corrected chi connectivity index (χ0v) is 9.57. The molecular weight excluding hydrogens is 186 g/mol. The third-order valence-corrected chi connectivity index (χ3v) is 2.49. The normalized spacial score (nSPS) is 10.0. The van der Waals surface area contributed by atoms with Gasteiger partial charge in [0.25, 0.3) is 0 Å². The highest BCUT2D eigenvalue weighted by atomic mass is 16.1. The molecule has 2 nitrogen and oxygen atoms in total. The molecule has 1 rings (SSSR count). The number of aryl methyl sites for hydroxylation is 1. The van der Waals surface area contributed by atoms with Crippen molar-refractivity contribution >= 4 is 12.0 Å². The Morgan fingerprint density at radius 3 is 2.60 bits per heavy atom. The molecular formula is C13H19NO. The number of carbonyl (C=O) groups excluding carboxylic acids is 1. The standard InChI is InChI=1S/C13H19NO/c1-14(2)13-10-6-5-9-12(13)8-4-3-7-11-15/h5-6,9-11H,3-4,7-8H2,1-2H3. The zero-order chi connectivity index (χ0) is 11.1. The fourth-order valence-corrected chi connectivity index (χ4v) is 1.70. The molecule has 2 heteroatoms. The summed E-state index contributed by atoms with van der Waals surface area (Å²) in [6.07, 6.45) is 4.82. The van der Waals surface area contributed by atoms with Gasteiger partial charge in [-0.25, -0.2) is 0 Å². The summed E-state index contributed by atoms with van der Waals surface area (Å²) in [6, 6.07) is 8.43. The molecule has 0 saturated heterocycles. The van der Waals surface area contributed by atoms with Crippen molar-refractivity contribution in [2.24, 2.45) is 0 Å². The van der Waals surface area contributed by atoms with Gasteiger partial charge in [0.05, 0.1) is 0 Å². The van der Waals surface area contributed by atoms with Crippen molar-refractivity contribution in [1.29, 1.82) is 0 Å². The number of benzene rings is 1. The number of nitrogens with zero attached hydrogens (tertiary/aromatic N) is 1. The molecule has 0 atom stereocenters. The first-order chi connectivity index (χ1) is 7.25. The van der Waals surface area contributed by atoms with E-state index in [-0.39, 0.29) is 0 Å². The minimum absolute atomic E-state index is 0.685. The highest BCUT2D eigenvalue weighted by Crippen LogP contribution is 2.19. The van der Waals surface area contributed by atoms with Crippen LogP contribution >= 0.6 is 0 Å². The van der Waals surface area contributed by atoms with E-state index in [9.17, 15) is 4.79 Å². The van der Waals surface area contributed by atoms with Gasteiger partial charge in [0.1, 0.15) is 6.29 Å². The molecule has 0 aliphatic rings. The van der Waals surface area contributed by atoms with E-state index in [0.717, 1.165) is 25.5 Å². The van der Waals surface area contributed by atoms with Gasteiger partial charge in [-0.15, -0.1) is 0 Å². The second-order valence-corrected chi connectivity index (χ2v) is 3.94. The van der Waals surface area contributed by atoms with Gasteiger partial charge in [0.15, 0.2) is 0 Å². The molecule has 0 aromatic heterocycles. The largest absolute Gasteiger partial charge is 0.377 e. The lowest BCUT2D eigenvalue weighted by molar-refractivity contribution is -0.107. The van der Waals surface area contributed by atoms with Gasteiger partial charge < -0.3 is 9.69 Å². The van der Waals surface area contributed by atoms with E-state index in [2.05, 4.69) is 43.3 Å². The van der Waals surface area contributed by atoms with Gasteiger partial charge in [-0.1, -0.05) is 18.2 Å². The number of hydrogen-bond donors (Lipinski definition) is 0. The van der Waals surface area contributed by atoms with E-state index < -0.39 is 0 Å². The summed E-state index contributed by atoms with van der Waals surface area (Å²) >= 11 is 0. The summed E-state index contributed by atoms with van der Waals surface area (Å²) in [5.74, 6) is 0. The van der Waals surface area contributed by atoms with Crippen LogP contribution in [-0.2, 0) is 11.2 Å². The summed E-state index contributed by atoms with van der Waals surface area (Å²) < 4.78 is 0. The molecule has 15 heavy (non-hydrogen) atoms. The number of aldehydes is 1. The average molecular weight is 205 g/mol. The molecule has 0 amide bonds. The Morgan fingerprint density at radius 2 is 1.93 bits per heavy atom. The topological polar surface area (TPSA) is 20.3 Å². The molecule has 0 fully saturated rings. The molecule has 1 aromatic rings. The quantitative estimate of drug-likeness (QED) is 0.525. The van der Waals surface area contributed by atoms with Gasteiger partial charge in [0.2, 0.25) is 0 Å². The van der Waals surface area contributed by atoms with Crippen LogP contribution in [0.25, 0.3) is 0 Å². The van der Waals surface area contributed by atoms with Crippen LogP contribution in [0.1, 0.15) is 24.8 Å². The lowest BCUT2D eigenvalue weighted by atomic mass is 10.0. The third kappa shape index (κ3) is 3.74. The van der Waals surface area contributed by atoms with Crippen LogP contribution in [0.5, 0.6) is 0 Å². The van der Waals surface area contributed by atoms with Crippen LogP contribution in [0.2, 0.25) is 0 Å². The van der Waals surface area contributed by atoms with E-state index in [1.165, 1.54) is 11.3 Å². The summed E-state index contributed by atoms with van der Waals surface area (Å²) in [5.41, 5.74) is 2.65. The van der Waals surface area contributed by atoms with Crippen molar-refractivity contribution < 1.29 is 4.79 Å². The van der Waals surface area contributed by atoms with Crippen molar-refractivity contribution in [2.75, 3.05) is 19.0 Å². The number of para-hydroxylation sites is 1. The molecule has 0 saturated carbocycles. The summed E-state index contributed by atoms with van der Waals surface area (Å²) in [7, 11) is 4.12. The molecule has 0 unspecified atom stereocenters. The van der Waals surface area contributed by atoms with Crippen LogP contribution in [0, 0.1) is 0 Å². The van der Waals surface area contributed by atoms with E-state index >= 15 is 0 Å². The van der Waals surface area contributed by atoms with Gasteiger partial charge in [-0.2, -0.15) is 0 Å². The van der Waals surface area contributed by atoms with Crippen LogP contribution < -0.4 is 4.90 Å². The highest BCUT2D eigenvalue weighted by Gasteiger charge is 2.02. The fraction of sp³-hybridized carbons (Fsp3) is 0.462. The van der Waals surface area contributed by atoms with Crippen LogP contribution in [0.3, 0.4) is 0 Å². The van der Waals surface area contributed by atoms with Gasteiger partial charge in [-0.3, -0.25) is 0 Å². The van der Waals surface area contributed by atoms with Crippen molar-refractivity contribution in [3.8, 4) is 0 Å². The monoisotopic (exact) mass is 205 g/mol. The Morgan fingerprint density at radius 1 is 1.20 bits per heavy atom. The SMILES string of the molecule is CN(C)c1ccccc1CCCCC=O. The number of carbonyl (C=O) groups is 1. The lowest BCUT2D eigenvalue weighted by Gasteiger charge is -2.17. The predicted octanol–water partition coefficient (Wildman–Crippen LogP) is 2.66. The molecule has 0 radical (unpaired) electrons. The Kier molecular flexibility index (Phi) is 4.88. The van der Waals surface area contributed by atoms with Crippen molar-refractivity contribution in [3.05, 3.63) is 29.8 Å². The maximum Gasteiger partial charge on any atom is 0.119 e. The Labute approximate surface area is 91.9 Å². The van der Waals surface area contributed by atoms with Gasteiger partial charge in [0, 0.05) is 26.2 Å². The number of rotatable bonds is 6. The van der Waals surface area contributed by atoms with Crippen LogP contribution in [-0.4, -0.2) is 20.4 Å². The molecule has 0 heterocycles. The first-order valence-corrected chi connectivity index (χ1v) is 5.44. The van der Waals surface area contributed by atoms with Crippen LogP contribution in [0.15, 0.2) is 24.3 Å². The fourth-order valence-electron chi connectivity index (χ4n) is 1.70. The Hall–Kier alpha value is -1.31. The lowest BCUT2D eigenvalue weighted by Crippen LogP contribution is -2.11. The van der Waals surface area contributed by atoms with Crippen molar-refractivity contribution in [1.82, 2.24) is 0 Å². The van der Waals surface area contributed by atoms with Gasteiger partial charge >= 0.3 is 0 Å². The van der Waals surface area contributed by atoms with Crippen molar-refractivity contribution in [2.45, 2.75) is 25.7 Å². The minimum atomic E-state index is 0.685. The maximum absolute atomic E-state index is 10.2. The third-order valence-electron chi connectivity index (χ3n) is 2.49. The van der Waals surface area contributed by atoms with E-state index in [0.29, 0.717) is 6.42 Å². The number of anilines is 1. The molecule has 82 valence electrons.